The fourth-order valence-electron chi connectivity index (χ4n) is 1.22. The highest BCUT2D eigenvalue weighted by Gasteiger charge is 2.05. The summed E-state index contributed by atoms with van der Waals surface area (Å²) in [5.41, 5.74) is 0.349. The van der Waals surface area contributed by atoms with Gasteiger partial charge in [0, 0.05) is 12.1 Å². The van der Waals surface area contributed by atoms with E-state index in [1.807, 2.05) is 0 Å². The van der Waals surface area contributed by atoms with E-state index in [0.29, 0.717) is 15.9 Å². The van der Waals surface area contributed by atoms with Crippen LogP contribution in [0.1, 0.15) is 0 Å². The number of aromatic nitrogens is 2. The molecule has 0 bridgehead atoms. The van der Waals surface area contributed by atoms with Crippen LogP contribution < -0.4 is 5.56 Å². The number of rotatable bonds is 0. The van der Waals surface area contributed by atoms with Crippen molar-refractivity contribution in [3.63, 3.8) is 0 Å². The summed E-state index contributed by atoms with van der Waals surface area (Å²) in [7, 11) is 1.58. The van der Waals surface area contributed by atoms with Crippen LogP contribution in [0.25, 0.3) is 10.9 Å². The third kappa shape index (κ3) is 1.38. The molecule has 72 valence electrons. The van der Waals surface area contributed by atoms with E-state index >= 15 is 0 Å². The molecule has 0 spiro atoms. The van der Waals surface area contributed by atoms with Crippen LogP contribution in [0.2, 0.25) is 10.3 Å². The van der Waals surface area contributed by atoms with E-state index in [4.69, 9.17) is 23.2 Å². The van der Waals surface area contributed by atoms with E-state index in [0.717, 1.165) is 0 Å². The minimum absolute atomic E-state index is 0.157. The molecule has 0 aliphatic rings. The van der Waals surface area contributed by atoms with Crippen molar-refractivity contribution >= 4 is 34.1 Å². The maximum absolute atomic E-state index is 11.7. The quantitative estimate of drug-likeness (QED) is 0.649. The van der Waals surface area contributed by atoms with Gasteiger partial charge >= 0.3 is 0 Å². The predicted octanol–water partition coefficient (Wildman–Crippen LogP) is 2.24. The van der Waals surface area contributed by atoms with Gasteiger partial charge in [-0.15, -0.1) is 0 Å². The largest absolute Gasteiger partial charge is 0.286 e. The SMILES string of the molecule is Cn1c(Cl)nc2cc(Cl)ccc2c1=O. The number of nitrogens with zero attached hydrogens (tertiary/aromatic N) is 2. The summed E-state index contributed by atoms with van der Waals surface area (Å²) in [6.45, 7) is 0. The number of halogens is 2. The Bertz CT molecular complexity index is 562. The molecule has 1 aromatic carbocycles. The number of hydrogen-bond acceptors (Lipinski definition) is 2. The third-order valence-electron chi connectivity index (χ3n) is 1.98. The third-order valence-corrected chi connectivity index (χ3v) is 2.56. The van der Waals surface area contributed by atoms with Gasteiger partial charge in [0.05, 0.1) is 10.9 Å². The van der Waals surface area contributed by atoms with Crippen molar-refractivity contribution in [2.45, 2.75) is 0 Å². The topological polar surface area (TPSA) is 34.9 Å². The molecule has 3 nitrogen and oxygen atoms in total. The number of fused-ring (bicyclic) bond motifs is 1. The highest BCUT2D eigenvalue weighted by atomic mass is 35.5. The Balaban J connectivity index is 2.98. The molecule has 1 heterocycles. The van der Waals surface area contributed by atoms with E-state index < -0.39 is 0 Å². The lowest BCUT2D eigenvalue weighted by molar-refractivity contribution is 0.844. The van der Waals surface area contributed by atoms with Crippen molar-refractivity contribution in [1.82, 2.24) is 9.55 Å². The molecule has 0 aliphatic carbocycles. The predicted molar refractivity (Wildman–Crippen MR) is 57.0 cm³/mol. The molecule has 0 fully saturated rings. The maximum atomic E-state index is 11.7. The van der Waals surface area contributed by atoms with E-state index in [1.165, 1.54) is 4.57 Å². The molecule has 0 atom stereocenters. The Kier molecular flexibility index (Phi) is 2.21. The van der Waals surface area contributed by atoms with Gasteiger partial charge < -0.3 is 0 Å². The number of hydrogen-bond donors (Lipinski definition) is 0. The first-order valence-electron chi connectivity index (χ1n) is 3.91. The van der Waals surface area contributed by atoms with E-state index in [1.54, 1.807) is 25.2 Å². The normalized spacial score (nSPS) is 10.8. The lowest BCUT2D eigenvalue weighted by atomic mass is 10.2. The molecule has 0 saturated carbocycles. The summed E-state index contributed by atoms with van der Waals surface area (Å²) in [6.07, 6.45) is 0. The van der Waals surface area contributed by atoms with Crippen LogP contribution in [0.5, 0.6) is 0 Å². The Morgan fingerprint density at radius 3 is 2.79 bits per heavy atom. The molecular weight excluding hydrogens is 223 g/mol. The molecule has 1 aromatic heterocycles. The van der Waals surface area contributed by atoms with Crippen molar-refractivity contribution in [1.29, 1.82) is 0 Å². The summed E-state index contributed by atoms with van der Waals surface area (Å²) >= 11 is 11.5. The van der Waals surface area contributed by atoms with Gasteiger partial charge in [0.25, 0.3) is 5.56 Å². The number of benzene rings is 1. The minimum Gasteiger partial charge on any atom is -0.286 e. The average Bonchev–Trinajstić information content (AvgIpc) is 2.14. The molecule has 5 heteroatoms. The van der Waals surface area contributed by atoms with Crippen LogP contribution in [0, 0.1) is 0 Å². The van der Waals surface area contributed by atoms with Crippen LogP contribution in [0.4, 0.5) is 0 Å². The second kappa shape index (κ2) is 3.26. The van der Waals surface area contributed by atoms with Gasteiger partial charge in [-0.3, -0.25) is 9.36 Å². The van der Waals surface area contributed by atoms with E-state index in [2.05, 4.69) is 4.98 Å². The maximum Gasteiger partial charge on any atom is 0.262 e. The summed E-state index contributed by atoms with van der Waals surface area (Å²) < 4.78 is 1.29. The van der Waals surface area contributed by atoms with Crippen LogP contribution in [0.15, 0.2) is 23.0 Å². The first kappa shape index (κ1) is 9.49. The Hall–Kier alpha value is -1.06. The molecule has 0 amide bonds. The fraction of sp³-hybridized carbons (Fsp3) is 0.111. The zero-order chi connectivity index (χ0) is 10.3. The molecule has 0 unspecified atom stereocenters. The Morgan fingerprint density at radius 2 is 2.07 bits per heavy atom. The summed E-state index contributed by atoms with van der Waals surface area (Å²) in [5, 5.41) is 1.21. The second-order valence-electron chi connectivity index (χ2n) is 2.91. The summed E-state index contributed by atoms with van der Waals surface area (Å²) in [4.78, 5) is 15.7. The van der Waals surface area contributed by atoms with Gasteiger partial charge in [0.1, 0.15) is 0 Å². The smallest absolute Gasteiger partial charge is 0.262 e. The standard InChI is InChI=1S/C9H6Cl2N2O/c1-13-8(14)6-3-2-5(10)4-7(6)12-9(13)11/h2-4H,1H3. The summed E-state index contributed by atoms with van der Waals surface area (Å²) in [6, 6.07) is 4.91. The van der Waals surface area contributed by atoms with E-state index in [-0.39, 0.29) is 10.8 Å². The van der Waals surface area contributed by atoms with Crippen molar-refractivity contribution in [3.05, 3.63) is 38.9 Å². The molecule has 2 rings (SSSR count). The van der Waals surface area contributed by atoms with Crippen molar-refractivity contribution < 1.29 is 0 Å². The van der Waals surface area contributed by atoms with Crippen LogP contribution >= 0.6 is 23.2 Å². The molecule has 0 aliphatic heterocycles. The molecule has 0 saturated heterocycles. The molecule has 0 radical (unpaired) electrons. The van der Waals surface area contributed by atoms with Gasteiger partial charge in [0.2, 0.25) is 5.28 Å². The van der Waals surface area contributed by atoms with Crippen molar-refractivity contribution in [2.75, 3.05) is 0 Å². The van der Waals surface area contributed by atoms with Gasteiger partial charge in [-0.05, 0) is 29.8 Å². The van der Waals surface area contributed by atoms with Crippen molar-refractivity contribution in [3.8, 4) is 0 Å². The highest BCUT2D eigenvalue weighted by Crippen LogP contribution is 2.16. The lowest BCUT2D eigenvalue weighted by Gasteiger charge is -2.02. The molecule has 0 N–H and O–H groups in total. The van der Waals surface area contributed by atoms with Crippen molar-refractivity contribution in [2.24, 2.45) is 7.05 Å². The highest BCUT2D eigenvalue weighted by molar-refractivity contribution is 6.31. The zero-order valence-electron chi connectivity index (χ0n) is 7.29. The Labute approximate surface area is 89.9 Å². The van der Waals surface area contributed by atoms with Gasteiger partial charge in [-0.25, -0.2) is 4.98 Å². The molecule has 14 heavy (non-hydrogen) atoms. The lowest BCUT2D eigenvalue weighted by Crippen LogP contribution is -2.18. The fourth-order valence-corrected chi connectivity index (χ4v) is 1.55. The Morgan fingerprint density at radius 1 is 1.36 bits per heavy atom. The first-order valence-corrected chi connectivity index (χ1v) is 4.67. The first-order chi connectivity index (χ1) is 6.59. The van der Waals surface area contributed by atoms with Gasteiger partial charge in [-0.2, -0.15) is 0 Å². The zero-order valence-corrected chi connectivity index (χ0v) is 8.80. The molecular formula is C9H6Cl2N2O. The monoisotopic (exact) mass is 228 g/mol. The van der Waals surface area contributed by atoms with Gasteiger partial charge in [0.15, 0.2) is 0 Å². The van der Waals surface area contributed by atoms with Crippen LogP contribution in [0.3, 0.4) is 0 Å². The van der Waals surface area contributed by atoms with Crippen LogP contribution in [-0.2, 0) is 7.05 Å². The van der Waals surface area contributed by atoms with E-state index in [9.17, 15) is 4.79 Å². The second-order valence-corrected chi connectivity index (χ2v) is 3.68. The van der Waals surface area contributed by atoms with Crippen LogP contribution in [-0.4, -0.2) is 9.55 Å². The minimum atomic E-state index is -0.170. The average molecular weight is 229 g/mol. The summed E-state index contributed by atoms with van der Waals surface area (Å²) in [5.74, 6) is 0. The van der Waals surface area contributed by atoms with Gasteiger partial charge in [-0.1, -0.05) is 11.6 Å². The molecule has 2 aromatic rings.